The van der Waals surface area contributed by atoms with E-state index in [-0.39, 0.29) is 5.56 Å². The lowest BCUT2D eigenvalue weighted by atomic mass is 10.1. The zero-order valence-electron chi connectivity index (χ0n) is 20.9. The number of hydrogen-bond acceptors (Lipinski definition) is 5. The van der Waals surface area contributed by atoms with Crippen molar-refractivity contribution in [2.75, 3.05) is 32.1 Å². The number of H-pyrrole nitrogens is 1. The molecule has 3 heterocycles. The molecule has 0 amide bonds. The van der Waals surface area contributed by atoms with Crippen molar-refractivity contribution in [2.45, 2.75) is 52.7 Å². The number of rotatable bonds is 8. The third-order valence-electron chi connectivity index (χ3n) is 6.42. The van der Waals surface area contributed by atoms with E-state index in [0.29, 0.717) is 13.1 Å². The topological polar surface area (TPSA) is 64.3 Å². The van der Waals surface area contributed by atoms with Crippen LogP contribution < -0.4 is 15.8 Å². The molecule has 0 spiro atoms. The van der Waals surface area contributed by atoms with Crippen LogP contribution in [0, 0.1) is 13.8 Å². The lowest BCUT2D eigenvalue weighted by Crippen LogP contribution is -2.30. The lowest BCUT2D eigenvalue weighted by molar-refractivity contribution is 0.402. The molecule has 0 bridgehead atoms. The highest BCUT2D eigenvalue weighted by atomic mass is 16.1. The number of nitrogens with one attached hydrogen (secondary N) is 2. The van der Waals surface area contributed by atoms with Gasteiger partial charge in [0.25, 0.3) is 5.56 Å². The maximum atomic E-state index is 12.4. The molecule has 0 aliphatic carbocycles. The maximum Gasteiger partial charge on any atom is 0.252 e. The van der Waals surface area contributed by atoms with Crippen molar-refractivity contribution in [2.24, 2.45) is 0 Å². The molecule has 0 saturated carbocycles. The van der Waals surface area contributed by atoms with Crippen molar-refractivity contribution in [1.82, 2.24) is 20.2 Å². The molecular weight excluding hydrogens is 422 g/mol. The van der Waals surface area contributed by atoms with E-state index >= 15 is 0 Å². The Morgan fingerprint density at radius 3 is 2.38 bits per heavy atom. The number of benzene rings is 1. The molecular formula is C28H37N5O. The van der Waals surface area contributed by atoms with Gasteiger partial charge in [0.2, 0.25) is 0 Å². The first kappa shape index (κ1) is 24.2. The molecule has 0 atom stereocenters. The molecule has 6 heteroatoms. The predicted molar refractivity (Wildman–Crippen MR) is 140 cm³/mol. The summed E-state index contributed by atoms with van der Waals surface area (Å²) >= 11 is 0. The first-order valence-corrected chi connectivity index (χ1v) is 12.3. The Balaban J connectivity index is 1.57. The monoisotopic (exact) mass is 459 g/mol. The summed E-state index contributed by atoms with van der Waals surface area (Å²) < 4.78 is 0. The van der Waals surface area contributed by atoms with Gasteiger partial charge in [-0.1, -0.05) is 24.3 Å². The van der Waals surface area contributed by atoms with Gasteiger partial charge in [-0.15, -0.1) is 0 Å². The minimum atomic E-state index is -0.00719. The Bertz CT molecular complexity index is 1160. The molecule has 1 aliphatic heterocycles. The highest BCUT2D eigenvalue weighted by Crippen LogP contribution is 2.26. The molecule has 1 saturated heterocycles. The van der Waals surface area contributed by atoms with Crippen LogP contribution in [0.25, 0.3) is 11.3 Å². The molecule has 6 nitrogen and oxygen atoms in total. The highest BCUT2D eigenvalue weighted by molar-refractivity contribution is 5.63. The second-order valence-electron chi connectivity index (χ2n) is 9.75. The molecule has 3 aromatic rings. The number of anilines is 1. The zero-order chi connectivity index (χ0) is 24.1. The minimum absolute atomic E-state index is 0.00719. The number of piperidine rings is 1. The number of pyridine rings is 2. The van der Waals surface area contributed by atoms with Crippen LogP contribution in [-0.4, -0.2) is 42.1 Å². The Labute approximate surface area is 203 Å². The second kappa shape index (κ2) is 11.0. The third kappa shape index (κ3) is 6.13. The summed E-state index contributed by atoms with van der Waals surface area (Å²) in [5.74, 6) is 1.05. The quantitative estimate of drug-likeness (QED) is 0.523. The van der Waals surface area contributed by atoms with Gasteiger partial charge in [0, 0.05) is 49.5 Å². The summed E-state index contributed by atoms with van der Waals surface area (Å²) in [5.41, 5.74) is 7.32. The zero-order valence-corrected chi connectivity index (χ0v) is 20.9. The van der Waals surface area contributed by atoms with E-state index in [4.69, 9.17) is 4.98 Å². The molecule has 2 aromatic heterocycles. The van der Waals surface area contributed by atoms with Gasteiger partial charge in [-0.2, -0.15) is 0 Å². The fraction of sp³-hybridized carbons (Fsp3) is 0.429. The molecule has 0 unspecified atom stereocenters. The second-order valence-corrected chi connectivity index (χ2v) is 9.75. The molecule has 34 heavy (non-hydrogen) atoms. The van der Waals surface area contributed by atoms with Gasteiger partial charge in [0.05, 0.1) is 5.69 Å². The van der Waals surface area contributed by atoms with Gasteiger partial charge < -0.3 is 20.1 Å². The third-order valence-corrected chi connectivity index (χ3v) is 6.42. The van der Waals surface area contributed by atoms with E-state index in [1.54, 1.807) is 0 Å². The molecule has 2 N–H and O–H groups in total. The van der Waals surface area contributed by atoms with Crippen LogP contribution in [0.3, 0.4) is 0 Å². The van der Waals surface area contributed by atoms with Gasteiger partial charge in [0.15, 0.2) is 0 Å². The van der Waals surface area contributed by atoms with Crippen LogP contribution in [-0.2, 0) is 19.6 Å². The SMILES string of the molecule is Cc1cc(C)c(CNCc2cc(-c3ccc(CN(C)C)cc3)nc(N3CCCCC3)c2)c(=O)[nH]1. The van der Waals surface area contributed by atoms with Crippen LogP contribution in [0.2, 0.25) is 0 Å². The van der Waals surface area contributed by atoms with Gasteiger partial charge in [0.1, 0.15) is 5.82 Å². The van der Waals surface area contributed by atoms with Crippen LogP contribution in [0.5, 0.6) is 0 Å². The Morgan fingerprint density at radius 1 is 0.971 bits per heavy atom. The summed E-state index contributed by atoms with van der Waals surface area (Å²) in [4.78, 5) is 24.9. The van der Waals surface area contributed by atoms with Gasteiger partial charge >= 0.3 is 0 Å². The summed E-state index contributed by atoms with van der Waals surface area (Å²) in [6.07, 6.45) is 3.73. The van der Waals surface area contributed by atoms with Gasteiger partial charge in [-0.05, 0) is 82.1 Å². The van der Waals surface area contributed by atoms with E-state index in [9.17, 15) is 4.79 Å². The molecule has 1 fully saturated rings. The first-order chi connectivity index (χ1) is 16.4. The minimum Gasteiger partial charge on any atom is -0.357 e. The highest BCUT2D eigenvalue weighted by Gasteiger charge is 2.15. The molecule has 180 valence electrons. The maximum absolute atomic E-state index is 12.4. The number of aryl methyl sites for hydroxylation is 2. The lowest BCUT2D eigenvalue weighted by Gasteiger charge is -2.28. The van der Waals surface area contributed by atoms with Crippen molar-refractivity contribution < 1.29 is 0 Å². The standard InChI is InChI=1S/C28H37N5O/c1-20-14-21(2)30-28(34)25(20)18-29-17-23-15-26(24-10-8-22(9-11-24)19-32(3)4)31-27(16-23)33-12-6-5-7-13-33/h8-11,14-16,29H,5-7,12-13,17-19H2,1-4H3,(H,30,34). The average molecular weight is 460 g/mol. The van der Waals surface area contributed by atoms with Crippen LogP contribution in [0.15, 0.2) is 47.3 Å². The molecule has 4 rings (SSSR count). The van der Waals surface area contributed by atoms with Crippen molar-refractivity contribution >= 4 is 5.82 Å². The smallest absolute Gasteiger partial charge is 0.252 e. The Morgan fingerprint density at radius 2 is 1.71 bits per heavy atom. The van der Waals surface area contributed by atoms with Crippen molar-refractivity contribution in [3.63, 3.8) is 0 Å². The van der Waals surface area contributed by atoms with Crippen molar-refractivity contribution in [1.29, 1.82) is 0 Å². The number of hydrogen-bond donors (Lipinski definition) is 2. The fourth-order valence-electron chi connectivity index (χ4n) is 4.69. The van der Waals surface area contributed by atoms with Gasteiger partial charge in [-0.3, -0.25) is 4.79 Å². The van der Waals surface area contributed by atoms with E-state index in [0.717, 1.165) is 53.5 Å². The van der Waals surface area contributed by atoms with Crippen LogP contribution in [0.4, 0.5) is 5.82 Å². The van der Waals surface area contributed by atoms with Crippen molar-refractivity contribution in [3.8, 4) is 11.3 Å². The van der Waals surface area contributed by atoms with Gasteiger partial charge in [-0.25, -0.2) is 4.98 Å². The molecule has 1 aromatic carbocycles. The number of nitrogens with zero attached hydrogens (tertiary/aromatic N) is 3. The average Bonchev–Trinajstić information content (AvgIpc) is 2.81. The predicted octanol–water partition coefficient (Wildman–Crippen LogP) is 4.40. The Kier molecular flexibility index (Phi) is 7.80. The summed E-state index contributed by atoms with van der Waals surface area (Å²) in [6.45, 7) is 8.18. The Hall–Kier alpha value is -2.96. The normalized spacial score (nSPS) is 14.1. The summed E-state index contributed by atoms with van der Waals surface area (Å²) in [6, 6.07) is 15.1. The van der Waals surface area contributed by atoms with E-state index in [2.05, 4.69) is 70.6 Å². The first-order valence-electron chi connectivity index (χ1n) is 12.3. The number of aromatic nitrogens is 2. The van der Waals surface area contributed by atoms with E-state index in [1.165, 1.54) is 30.4 Å². The number of aromatic amines is 1. The van der Waals surface area contributed by atoms with Crippen molar-refractivity contribution in [3.05, 3.63) is 80.8 Å². The summed E-state index contributed by atoms with van der Waals surface area (Å²) in [7, 11) is 4.17. The van der Waals surface area contributed by atoms with E-state index < -0.39 is 0 Å². The fourth-order valence-corrected chi connectivity index (χ4v) is 4.69. The van der Waals surface area contributed by atoms with E-state index in [1.807, 2.05) is 19.9 Å². The van der Waals surface area contributed by atoms with Crippen LogP contribution >= 0.6 is 0 Å². The molecule has 0 radical (unpaired) electrons. The molecule has 1 aliphatic rings. The largest absolute Gasteiger partial charge is 0.357 e. The summed E-state index contributed by atoms with van der Waals surface area (Å²) in [5, 5.41) is 3.49. The van der Waals surface area contributed by atoms with Crippen LogP contribution in [0.1, 0.15) is 47.2 Å².